The van der Waals surface area contributed by atoms with Crippen LogP contribution in [0.1, 0.15) is 11.1 Å². The minimum atomic E-state index is -2.32. The lowest BCUT2D eigenvalue weighted by molar-refractivity contribution is 0.145. The fourth-order valence-electron chi connectivity index (χ4n) is 1.20. The van der Waals surface area contributed by atoms with Gasteiger partial charge in [0.2, 0.25) is 0 Å². The van der Waals surface area contributed by atoms with Gasteiger partial charge in [0, 0.05) is 12.2 Å². The fourth-order valence-corrected chi connectivity index (χ4v) is 1.20. The molecule has 0 aliphatic rings. The van der Waals surface area contributed by atoms with E-state index in [9.17, 15) is 8.78 Å². The molecule has 0 fully saturated rings. The number of rotatable bonds is 4. The Morgan fingerprint density at radius 2 is 2.14 bits per heavy atom. The van der Waals surface area contributed by atoms with E-state index in [0.29, 0.717) is 12.2 Å². The van der Waals surface area contributed by atoms with Crippen molar-refractivity contribution in [2.45, 2.75) is 19.9 Å². The second-order valence-corrected chi connectivity index (χ2v) is 3.22. The van der Waals surface area contributed by atoms with Crippen LogP contribution in [0.15, 0.2) is 18.2 Å². The molecule has 0 spiro atoms. The molecule has 1 aromatic rings. The van der Waals surface area contributed by atoms with Gasteiger partial charge in [0.1, 0.15) is 0 Å². The quantitative estimate of drug-likeness (QED) is 0.729. The molecule has 0 heterocycles. The van der Waals surface area contributed by atoms with Crippen LogP contribution in [-0.2, 0) is 6.54 Å². The van der Waals surface area contributed by atoms with Crippen molar-refractivity contribution < 1.29 is 8.78 Å². The van der Waals surface area contributed by atoms with Gasteiger partial charge in [-0.05, 0) is 18.6 Å². The normalized spacial score (nSPS) is 10.9. The molecular formula is C10H14F2N2. The second-order valence-electron chi connectivity index (χ2n) is 3.22. The molecule has 0 bridgehead atoms. The highest BCUT2D eigenvalue weighted by Crippen LogP contribution is 2.13. The molecule has 4 heteroatoms. The van der Waals surface area contributed by atoms with Crippen molar-refractivity contribution in [2.75, 3.05) is 12.3 Å². The summed E-state index contributed by atoms with van der Waals surface area (Å²) in [4.78, 5) is 0. The van der Waals surface area contributed by atoms with Crippen LogP contribution in [0.3, 0.4) is 0 Å². The Morgan fingerprint density at radius 1 is 1.43 bits per heavy atom. The van der Waals surface area contributed by atoms with E-state index in [1.54, 1.807) is 6.07 Å². The van der Waals surface area contributed by atoms with Crippen molar-refractivity contribution in [3.05, 3.63) is 29.3 Å². The summed E-state index contributed by atoms with van der Waals surface area (Å²) < 4.78 is 23.6. The lowest BCUT2D eigenvalue weighted by Gasteiger charge is -2.07. The first-order valence-electron chi connectivity index (χ1n) is 4.43. The van der Waals surface area contributed by atoms with Crippen molar-refractivity contribution in [1.29, 1.82) is 0 Å². The maximum absolute atomic E-state index is 11.8. The van der Waals surface area contributed by atoms with Gasteiger partial charge in [-0.1, -0.05) is 17.7 Å². The van der Waals surface area contributed by atoms with E-state index >= 15 is 0 Å². The largest absolute Gasteiger partial charge is 0.398 e. The maximum Gasteiger partial charge on any atom is 0.250 e. The van der Waals surface area contributed by atoms with Gasteiger partial charge in [0.05, 0.1) is 6.54 Å². The molecule has 0 amide bonds. The minimum Gasteiger partial charge on any atom is -0.398 e. The molecule has 0 unspecified atom stereocenters. The first-order chi connectivity index (χ1) is 6.59. The fraction of sp³-hybridized carbons (Fsp3) is 0.400. The van der Waals surface area contributed by atoms with Gasteiger partial charge >= 0.3 is 0 Å². The first kappa shape index (κ1) is 10.9. The van der Waals surface area contributed by atoms with Crippen molar-refractivity contribution in [2.24, 2.45) is 0 Å². The van der Waals surface area contributed by atoms with E-state index in [1.807, 2.05) is 19.1 Å². The van der Waals surface area contributed by atoms with Gasteiger partial charge in [-0.15, -0.1) is 0 Å². The molecule has 0 aliphatic heterocycles. The van der Waals surface area contributed by atoms with E-state index in [-0.39, 0.29) is 6.54 Å². The zero-order valence-corrected chi connectivity index (χ0v) is 8.06. The summed E-state index contributed by atoms with van der Waals surface area (Å²) in [6, 6.07) is 5.58. The monoisotopic (exact) mass is 200 g/mol. The number of nitrogens with one attached hydrogen (secondary N) is 1. The number of hydrogen-bond acceptors (Lipinski definition) is 2. The van der Waals surface area contributed by atoms with Crippen molar-refractivity contribution >= 4 is 5.69 Å². The van der Waals surface area contributed by atoms with Gasteiger partial charge in [-0.2, -0.15) is 0 Å². The van der Waals surface area contributed by atoms with Crippen molar-refractivity contribution in [3.63, 3.8) is 0 Å². The average molecular weight is 200 g/mol. The molecule has 14 heavy (non-hydrogen) atoms. The summed E-state index contributed by atoms with van der Waals surface area (Å²) in [5.74, 6) is 0. The number of halogens is 2. The van der Waals surface area contributed by atoms with Gasteiger partial charge in [-0.3, -0.25) is 0 Å². The summed E-state index contributed by atoms with van der Waals surface area (Å²) in [6.07, 6.45) is -2.32. The molecule has 1 rings (SSSR count). The van der Waals surface area contributed by atoms with E-state index in [2.05, 4.69) is 5.32 Å². The molecule has 0 radical (unpaired) electrons. The van der Waals surface area contributed by atoms with Crippen molar-refractivity contribution in [1.82, 2.24) is 5.32 Å². The van der Waals surface area contributed by atoms with E-state index in [4.69, 9.17) is 5.73 Å². The highest BCUT2D eigenvalue weighted by Gasteiger charge is 2.03. The topological polar surface area (TPSA) is 38.0 Å². The Hall–Kier alpha value is -1.16. The second kappa shape index (κ2) is 4.91. The van der Waals surface area contributed by atoms with Crippen molar-refractivity contribution in [3.8, 4) is 0 Å². The smallest absolute Gasteiger partial charge is 0.250 e. The predicted molar refractivity (Wildman–Crippen MR) is 53.3 cm³/mol. The zero-order valence-electron chi connectivity index (χ0n) is 8.06. The van der Waals surface area contributed by atoms with Crippen LogP contribution < -0.4 is 11.1 Å². The molecule has 0 atom stereocenters. The molecule has 0 saturated carbocycles. The third-order valence-electron chi connectivity index (χ3n) is 1.91. The molecule has 3 N–H and O–H groups in total. The Balaban J connectivity index is 2.53. The van der Waals surface area contributed by atoms with Gasteiger partial charge in [0.25, 0.3) is 6.43 Å². The summed E-state index contributed by atoms with van der Waals surface area (Å²) in [5.41, 5.74) is 8.26. The number of benzene rings is 1. The van der Waals surface area contributed by atoms with Crippen LogP contribution in [-0.4, -0.2) is 13.0 Å². The first-order valence-corrected chi connectivity index (χ1v) is 4.43. The highest BCUT2D eigenvalue weighted by atomic mass is 19.3. The summed E-state index contributed by atoms with van der Waals surface area (Å²) in [5, 5.41) is 2.64. The third kappa shape index (κ3) is 3.30. The number of aryl methyl sites for hydroxylation is 1. The number of hydrogen-bond donors (Lipinski definition) is 2. The highest BCUT2D eigenvalue weighted by molar-refractivity contribution is 5.48. The lowest BCUT2D eigenvalue weighted by atomic mass is 10.1. The van der Waals surface area contributed by atoms with Crippen LogP contribution in [0.4, 0.5) is 14.5 Å². The number of alkyl halides is 2. The number of nitrogens with two attached hydrogens (primary N) is 1. The van der Waals surface area contributed by atoms with Crippen LogP contribution >= 0.6 is 0 Å². The molecule has 2 nitrogen and oxygen atoms in total. The molecular weight excluding hydrogens is 186 g/mol. The number of nitrogen functional groups attached to an aromatic ring is 1. The molecule has 0 aromatic heterocycles. The molecule has 0 saturated heterocycles. The van der Waals surface area contributed by atoms with Crippen LogP contribution in [0.2, 0.25) is 0 Å². The maximum atomic E-state index is 11.8. The van der Waals surface area contributed by atoms with Crippen LogP contribution in [0, 0.1) is 6.92 Å². The predicted octanol–water partition coefficient (Wildman–Crippen LogP) is 1.93. The van der Waals surface area contributed by atoms with E-state index in [0.717, 1.165) is 11.1 Å². The van der Waals surface area contributed by atoms with E-state index in [1.165, 1.54) is 0 Å². The Labute approximate surface area is 82.1 Å². The lowest BCUT2D eigenvalue weighted by Crippen LogP contribution is -2.21. The zero-order chi connectivity index (χ0) is 10.6. The SMILES string of the molecule is Cc1ccc(N)c(CNCC(F)F)c1. The Kier molecular flexibility index (Phi) is 3.83. The van der Waals surface area contributed by atoms with Crippen LogP contribution in [0.5, 0.6) is 0 Å². The summed E-state index contributed by atoms with van der Waals surface area (Å²) >= 11 is 0. The van der Waals surface area contributed by atoms with E-state index < -0.39 is 6.43 Å². The Bertz CT molecular complexity index is 300. The summed E-state index contributed by atoms with van der Waals surface area (Å²) in [6.45, 7) is 2.03. The van der Waals surface area contributed by atoms with Gasteiger partial charge < -0.3 is 11.1 Å². The van der Waals surface area contributed by atoms with Crippen LogP contribution in [0.25, 0.3) is 0 Å². The third-order valence-corrected chi connectivity index (χ3v) is 1.91. The minimum absolute atomic E-state index is 0.298. The average Bonchev–Trinajstić information content (AvgIpc) is 2.10. The molecule has 1 aromatic carbocycles. The molecule has 0 aliphatic carbocycles. The number of anilines is 1. The molecule has 78 valence electrons. The van der Waals surface area contributed by atoms with Gasteiger partial charge in [-0.25, -0.2) is 8.78 Å². The summed E-state index contributed by atoms with van der Waals surface area (Å²) in [7, 11) is 0. The van der Waals surface area contributed by atoms with Gasteiger partial charge in [0.15, 0.2) is 0 Å². The standard InChI is InChI=1S/C10H14F2N2/c1-7-2-3-9(13)8(4-7)5-14-6-10(11)12/h2-4,10,14H,5-6,13H2,1H3. The Morgan fingerprint density at radius 3 is 2.79 bits per heavy atom.